The molecule has 2 aliphatic rings. The number of nitrogens with one attached hydrogen (secondary N) is 1. The van der Waals surface area contributed by atoms with Crippen LogP contribution in [0.25, 0.3) is 0 Å². The van der Waals surface area contributed by atoms with Gasteiger partial charge in [-0.05, 0) is 45.1 Å². The number of fused-ring (bicyclic) bond motifs is 1. The molecule has 2 heterocycles. The van der Waals surface area contributed by atoms with Crippen LogP contribution in [0.3, 0.4) is 0 Å². The summed E-state index contributed by atoms with van der Waals surface area (Å²) in [6.07, 6.45) is 8.45. The highest BCUT2D eigenvalue weighted by molar-refractivity contribution is 7.13. The van der Waals surface area contributed by atoms with Crippen LogP contribution in [0.2, 0.25) is 0 Å². The summed E-state index contributed by atoms with van der Waals surface area (Å²) in [6, 6.07) is 1.14. The number of thiazole rings is 1. The Bertz CT molecular complexity index is 429. The maximum absolute atomic E-state index is 4.93. The minimum atomic E-state index is 0.372. The summed E-state index contributed by atoms with van der Waals surface area (Å²) < 4.78 is 0. The molecule has 0 amide bonds. The van der Waals surface area contributed by atoms with E-state index in [0.717, 1.165) is 18.5 Å². The third kappa shape index (κ3) is 2.86. The quantitative estimate of drug-likeness (QED) is 0.910. The number of rotatable bonds is 4. The summed E-state index contributed by atoms with van der Waals surface area (Å²) in [5.41, 5.74) is 1.21. The smallest absolute Gasteiger partial charge is 0.185 e. The van der Waals surface area contributed by atoms with E-state index in [9.17, 15) is 0 Å². The average Bonchev–Trinajstić information content (AvgIpc) is 2.97. The molecule has 2 fully saturated rings. The SMILES string of the molecule is CCNC(C)c1csc(N2CCC[C@H]3CCCC[C@H]32)n1. The van der Waals surface area contributed by atoms with E-state index in [1.165, 1.54) is 55.9 Å². The Balaban J connectivity index is 1.74. The van der Waals surface area contributed by atoms with Gasteiger partial charge in [-0.3, -0.25) is 0 Å². The molecule has 1 saturated carbocycles. The summed E-state index contributed by atoms with van der Waals surface area (Å²) in [4.78, 5) is 7.55. The first-order valence-electron chi connectivity index (χ1n) is 8.25. The number of hydrogen-bond donors (Lipinski definition) is 1. The van der Waals surface area contributed by atoms with E-state index in [2.05, 4.69) is 29.4 Å². The largest absolute Gasteiger partial charge is 0.345 e. The van der Waals surface area contributed by atoms with Gasteiger partial charge in [0.05, 0.1) is 5.69 Å². The molecule has 1 aliphatic carbocycles. The van der Waals surface area contributed by atoms with E-state index in [4.69, 9.17) is 4.98 Å². The van der Waals surface area contributed by atoms with Crippen molar-refractivity contribution in [2.75, 3.05) is 18.0 Å². The second kappa shape index (κ2) is 6.44. The second-order valence-electron chi connectivity index (χ2n) is 6.28. The van der Waals surface area contributed by atoms with Gasteiger partial charge in [-0.15, -0.1) is 11.3 Å². The summed E-state index contributed by atoms with van der Waals surface area (Å²) in [5, 5.41) is 6.97. The molecular formula is C16H27N3S. The first-order chi connectivity index (χ1) is 9.79. The normalized spacial score (nSPS) is 28.2. The molecule has 3 rings (SSSR count). The lowest BCUT2D eigenvalue weighted by atomic mass is 9.78. The molecule has 1 N–H and O–H groups in total. The molecule has 1 aromatic rings. The zero-order valence-corrected chi connectivity index (χ0v) is 13.6. The molecule has 20 heavy (non-hydrogen) atoms. The minimum absolute atomic E-state index is 0.372. The Morgan fingerprint density at radius 3 is 3.00 bits per heavy atom. The van der Waals surface area contributed by atoms with Crippen LogP contribution < -0.4 is 10.2 Å². The average molecular weight is 293 g/mol. The molecule has 1 unspecified atom stereocenters. The first-order valence-corrected chi connectivity index (χ1v) is 9.13. The second-order valence-corrected chi connectivity index (χ2v) is 7.12. The van der Waals surface area contributed by atoms with Gasteiger partial charge in [0.25, 0.3) is 0 Å². The monoisotopic (exact) mass is 293 g/mol. The topological polar surface area (TPSA) is 28.2 Å². The molecule has 0 radical (unpaired) electrons. The standard InChI is InChI=1S/C16H27N3S/c1-3-17-12(2)14-11-20-16(18-14)19-10-6-8-13-7-4-5-9-15(13)19/h11-13,15,17H,3-10H2,1-2H3/t12?,13-,15-/m1/s1. The Kier molecular flexibility index (Phi) is 4.61. The van der Waals surface area contributed by atoms with Gasteiger partial charge in [0.1, 0.15) is 0 Å². The van der Waals surface area contributed by atoms with Gasteiger partial charge in [0.2, 0.25) is 0 Å². The summed E-state index contributed by atoms with van der Waals surface area (Å²) >= 11 is 1.84. The molecule has 3 atom stereocenters. The highest BCUT2D eigenvalue weighted by atomic mass is 32.1. The molecule has 3 nitrogen and oxygen atoms in total. The molecule has 4 heteroatoms. The first kappa shape index (κ1) is 14.3. The number of hydrogen-bond acceptors (Lipinski definition) is 4. The number of anilines is 1. The Hall–Kier alpha value is -0.610. The highest BCUT2D eigenvalue weighted by Crippen LogP contribution is 2.39. The van der Waals surface area contributed by atoms with Gasteiger partial charge in [-0.25, -0.2) is 4.98 Å². The molecule has 0 bridgehead atoms. The summed E-state index contributed by atoms with van der Waals surface area (Å²) in [5.74, 6) is 0.927. The fraction of sp³-hybridized carbons (Fsp3) is 0.812. The van der Waals surface area contributed by atoms with E-state index < -0.39 is 0 Å². The molecule has 0 spiro atoms. The zero-order valence-electron chi connectivity index (χ0n) is 12.8. The predicted octanol–water partition coefficient (Wildman–Crippen LogP) is 3.97. The van der Waals surface area contributed by atoms with Crippen molar-refractivity contribution in [2.45, 2.75) is 64.5 Å². The molecular weight excluding hydrogens is 266 g/mol. The molecule has 0 aromatic carbocycles. The van der Waals surface area contributed by atoms with E-state index >= 15 is 0 Å². The van der Waals surface area contributed by atoms with Crippen LogP contribution >= 0.6 is 11.3 Å². The van der Waals surface area contributed by atoms with Crippen molar-refractivity contribution in [1.82, 2.24) is 10.3 Å². The van der Waals surface area contributed by atoms with Gasteiger partial charge in [0.15, 0.2) is 5.13 Å². The van der Waals surface area contributed by atoms with Crippen LogP contribution in [-0.4, -0.2) is 24.1 Å². The fourth-order valence-electron chi connectivity index (χ4n) is 3.88. The van der Waals surface area contributed by atoms with Crippen LogP contribution in [0.4, 0.5) is 5.13 Å². The molecule has 1 aromatic heterocycles. The van der Waals surface area contributed by atoms with E-state index in [-0.39, 0.29) is 0 Å². The van der Waals surface area contributed by atoms with Gasteiger partial charge < -0.3 is 10.2 Å². The maximum Gasteiger partial charge on any atom is 0.185 e. The van der Waals surface area contributed by atoms with Crippen molar-refractivity contribution < 1.29 is 0 Å². The highest BCUT2D eigenvalue weighted by Gasteiger charge is 2.34. The molecule has 1 saturated heterocycles. The lowest BCUT2D eigenvalue weighted by Gasteiger charge is -2.44. The third-order valence-corrected chi connectivity index (χ3v) is 5.85. The fourth-order valence-corrected chi connectivity index (χ4v) is 4.88. The van der Waals surface area contributed by atoms with Crippen molar-refractivity contribution in [2.24, 2.45) is 5.92 Å². The van der Waals surface area contributed by atoms with E-state index in [0.29, 0.717) is 6.04 Å². The van der Waals surface area contributed by atoms with Crippen LogP contribution in [0.5, 0.6) is 0 Å². The lowest BCUT2D eigenvalue weighted by Crippen LogP contribution is -2.46. The van der Waals surface area contributed by atoms with Gasteiger partial charge in [0, 0.05) is 24.0 Å². The van der Waals surface area contributed by atoms with Gasteiger partial charge >= 0.3 is 0 Å². The third-order valence-electron chi connectivity index (χ3n) is 4.95. The van der Waals surface area contributed by atoms with Crippen molar-refractivity contribution >= 4 is 16.5 Å². The van der Waals surface area contributed by atoms with Crippen LogP contribution in [-0.2, 0) is 0 Å². The summed E-state index contributed by atoms with van der Waals surface area (Å²) in [6.45, 7) is 6.58. The van der Waals surface area contributed by atoms with E-state index in [1.54, 1.807) is 0 Å². The zero-order chi connectivity index (χ0) is 13.9. The Morgan fingerprint density at radius 1 is 1.35 bits per heavy atom. The number of piperidine rings is 1. The minimum Gasteiger partial charge on any atom is -0.345 e. The maximum atomic E-state index is 4.93. The van der Waals surface area contributed by atoms with Crippen molar-refractivity contribution in [1.29, 1.82) is 0 Å². The van der Waals surface area contributed by atoms with Crippen molar-refractivity contribution in [3.8, 4) is 0 Å². The van der Waals surface area contributed by atoms with Crippen LogP contribution in [0, 0.1) is 5.92 Å². The Morgan fingerprint density at radius 2 is 2.15 bits per heavy atom. The Labute approximate surface area is 126 Å². The van der Waals surface area contributed by atoms with Crippen molar-refractivity contribution in [3.05, 3.63) is 11.1 Å². The molecule has 1 aliphatic heterocycles. The van der Waals surface area contributed by atoms with Gasteiger partial charge in [-0.1, -0.05) is 19.8 Å². The van der Waals surface area contributed by atoms with E-state index in [1.807, 2.05) is 11.3 Å². The van der Waals surface area contributed by atoms with Crippen LogP contribution in [0.1, 0.15) is 64.1 Å². The van der Waals surface area contributed by atoms with Crippen molar-refractivity contribution in [3.63, 3.8) is 0 Å². The van der Waals surface area contributed by atoms with Gasteiger partial charge in [-0.2, -0.15) is 0 Å². The van der Waals surface area contributed by atoms with Crippen LogP contribution in [0.15, 0.2) is 5.38 Å². The lowest BCUT2D eigenvalue weighted by molar-refractivity contribution is 0.243. The summed E-state index contributed by atoms with van der Waals surface area (Å²) in [7, 11) is 0. The number of nitrogens with zero attached hydrogens (tertiary/aromatic N) is 2. The number of aromatic nitrogens is 1. The molecule has 112 valence electrons. The predicted molar refractivity (Wildman–Crippen MR) is 86.5 cm³/mol.